The van der Waals surface area contributed by atoms with Gasteiger partial charge in [-0.2, -0.15) is 0 Å². The van der Waals surface area contributed by atoms with Crippen molar-refractivity contribution in [1.82, 2.24) is 24.8 Å². The number of benzene rings is 2. The van der Waals surface area contributed by atoms with E-state index in [4.69, 9.17) is 9.97 Å². The number of hydrogen-bond donors (Lipinski definition) is 0. The molecule has 36 heavy (non-hydrogen) atoms. The van der Waals surface area contributed by atoms with E-state index in [1.807, 2.05) is 77.7 Å². The van der Waals surface area contributed by atoms with Gasteiger partial charge in [0.15, 0.2) is 0 Å². The Balaban J connectivity index is 1.31. The molecule has 0 atom stereocenters. The maximum atomic E-state index is 13.4. The number of carbonyl (C=O) groups excluding carboxylic acids is 1. The van der Waals surface area contributed by atoms with Crippen molar-refractivity contribution in [3.05, 3.63) is 103 Å². The van der Waals surface area contributed by atoms with Crippen molar-refractivity contribution >= 4 is 22.6 Å². The lowest BCUT2D eigenvalue weighted by atomic mass is 10.1. The van der Waals surface area contributed by atoms with Gasteiger partial charge in [0.1, 0.15) is 11.4 Å². The zero-order valence-electron chi connectivity index (χ0n) is 19.7. The van der Waals surface area contributed by atoms with E-state index in [9.17, 15) is 4.79 Å². The number of fused-ring (bicyclic) bond motifs is 1. The van der Waals surface area contributed by atoms with Crippen molar-refractivity contribution in [1.29, 1.82) is 0 Å². The molecule has 0 saturated carbocycles. The SMILES string of the molecule is O=C(c1ccc2nc(-c3ccccn3)c(-c3ccccn3)nc2c1)N1CCN(c2ccccc2)CC1. The van der Waals surface area contributed by atoms with Crippen molar-refractivity contribution in [2.75, 3.05) is 31.1 Å². The van der Waals surface area contributed by atoms with Crippen LogP contribution in [0, 0.1) is 0 Å². The maximum Gasteiger partial charge on any atom is 0.254 e. The summed E-state index contributed by atoms with van der Waals surface area (Å²) in [6.45, 7) is 2.96. The molecule has 4 heterocycles. The minimum atomic E-state index is 0.0135. The normalized spacial score (nSPS) is 13.7. The van der Waals surface area contributed by atoms with E-state index in [-0.39, 0.29) is 5.91 Å². The molecular weight excluding hydrogens is 448 g/mol. The van der Waals surface area contributed by atoms with Gasteiger partial charge in [0, 0.05) is 49.8 Å². The third-order valence-corrected chi connectivity index (χ3v) is 6.41. The minimum absolute atomic E-state index is 0.0135. The number of nitrogens with zero attached hydrogens (tertiary/aromatic N) is 6. The zero-order valence-corrected chi connectivity index (χ0v) is 19.7. The Morgan fingerprint density at radius 2 is 1.25 bits per heavy atom. The van der Waals surface area contributed by atoms with Crippen molar-refractivity contribution in [2.24, 2.45) is 0 Å². The number of aromatic nitrogens is 4. The molecule has 7 nitrogen and oxygen atoms in total. The van der Waals surface area contributed by atoms with E-state index < -0.39 is 0 Å². The Bertz CT molecular complexity index is 1500. The smallest absolute Gasteiger partial charge is 0.254 e. The summed E-state index contributed by atoms with van der Waals surface area (Å²) in [5.74, 6) is 0.0135. The van der Waals surface area contributed by atoms with E-state index in [2.05, 4.69) is 27.0 Å². The fourth-order valence-electron chi connectivity index (χ4n) is 4.54. The summed E-state index contributed by atoms with van der Waals surface area (Å²) >= 11 is 0. The number of carbonyl (C=O) groups is 1. The minimum Gasteiger partial charge on any atom is -0.368 e. The van der Waals surface area contributed by atoms with Crippen LogP contribution < -0.4 is 4.90 Å². The van der Waals surface area contributed by atoms with Crippen LogP contribution in [0.15, 0.2) is 97.3 Å². The third kappa shape index (κ3) is 4.27. The quantitative estimate of drug-likeness (QED) is 0.377. The first kappa shape index (κ1) is 21.9. The molecule has 6 rings (SSSR count). The molecule has 0 bridgehead atoms. The number of hydrogen-bond acceptors (Lipinski definition) is 6. The Kier molecular flexibility index (Phi) is 5.79. The highest BCUT2D eigenvalue weighted by Crippen LogP contribution is 2.29. The van der Waals surface area contributed by atoms with E-state index in [0.717, 1.165) is 18.8 Å². The van der Waals surface area contributed by atoms with Gasteiger partial charge in [-0.05, 0) is 54.6 Å². The lowest BCUT2D eigenvalue weighted by Gasteiger charge is -2.36. The summed E-state index contributed by atoms with van der Waals surface area (Å²) in [6.07, 6.45) is 3.47. The van der Waals surface area contributed by atoms with Crippen LogP contribution in [0.2, 0.25) is 0 Å². The second-order valence-electron chi connectivity index (χ2n) is 8.67. The molecule has 176 valence electrons. The van der Waals surface area contributed by atoms with Gasteiger partial charge in [0.05, 0.1) is 22.4 Å². The van der Waals surface area contributed by atoms with Crippen LogP contribution in [0.3, 0.4) is 0 Å². The molecule has 1 saturated heterocycles. The van der Waals surface area contributed by atoms with Crippen LogP contribution in [-0.2, 0) is 0 Å². The zero-order chi connectivity index (χ0) is 24.3. The molecule has 2 aromatic carbocycles. The monoisotopic (exact) mass is 472 g/mol. The number of anilines is 1. The Morgan fingerprint density at radius 3 is 1.86 bits per heavy atom. The lowest BCUT2D eigenvalue weighted by molar-refractivity contribution is 0.0747. The molecule has 0 radical (unpaired) electrons. The fourth-order valence-corrected chi connectivity index (χ4v) is 4.54. The highest BCUT2D eigenvalue weighted by molar-refractivity contribution is 5.98. The van der Waals surface area contributed by atoms with Gasteiger partial charge in [0.2, 0.25) is 0 Å². The predicted molar refractivity (Wildman–Crippen MR) is 141 cm³/mol. The average molecular weight is 473 g/mol. The van der Waals surface area contributed by atoms with Gasteiger partial charge in [0.25, 0.3) is 5.91 Å². The van der Waals surface area contributed by atoms with Gasteiger partial charge >= 0.3 is 0 Å². The van der Waals surface area contributed by atoms with Crippen LogP contribution in [0.5, 0.6) is 0 Å². The summed E-state index contributed by atoms with van der Waals surface area (Å²) in [4.78, 5) is 36.4. The van der Waals surface area contributed by atoms with Crippen molar-refractivity contribution in [2.45, 2.75) is 0 Å². The first-order valence-corrected chi connectivity index (χ1v) is 12.0. The van der Waals surface area contributed by atoms with Crippen molar-refractivity contribution < 1.29 is 4.79 Å². The molecule has 0 aliphatic carbocycles. The highest BCUT2D eigenvalue weighted by Gasteiger charge is 2.23. The van der Waals surface area contributed by atoms with Gasteiger partial charge in [-0.1, -0.05) is 30.3 Å². The molecule has 0 N–H and O–H groups in total. The lowest BCUT2D eigenvalue weighted by Crippen LogP contribution is -2.48. The van der Waals surface area contributed by atoms with Gasteiger partial charge in [-0.15, -0.1) is 0 Å². The molecule has 7 heteroatoms. The molecule has 1 amide bonds. The van der Waals surface area contributed by atoms with Crippen LogP contribution in [0.25, 0.3) is 33.8 Å². The number of para-hydroxylation sites is 1. The Hall–Kier alpha value is -4.65. The number of pyridine rings is 2. The molecule has 1 aliphatic rings. The Morgan fingerprint density at radius 1 is 0.639 bits per heavy atom. The molecule has 0 unspecified atom stereocenters. The van der Waals surface area contributed by atoms with Crippen LogP contribution in [0.1, 0.15) is 10.4 Å². The fraction of sp³-hybridized carbons (Fsp3) is 0.138. The number of amides is 1. The first-order valence-electron chi connectivity index (χ1n) is 12.0. The Labute approximate surface area is 209 Å². The standard InChI is InChI=1S/C29H24N6O/c36-29(35-18-16-34(17-19-35)22-8-2-1-3-9-22)21-12-13-23-26(20-21)33-28(25-11-5-7-15-31-25)27(32-23)24-10-4-6-14-30-24/h1-15,20H,16-19H2. The van der Waals surface area contributed by atoms with E-state index in [1.165, 1.54) is 5.69 Å². The van der Waals surface area contributed by atoms with Crippen LogP contribution >= 0.6 is 0 Å². The molecule has 1 fully saturated rings. The van der Waals surface area contributed by atoms with Gasteiger partial charge in [-0.25, -0.2) is 9.97 Å². The molecule has 3 aromatic heterocycles. The molecule has 1 aliphatic heterocycles. The topological polar surface area (TPSA) is 75.1 Å². The van der Waals surface area contributed by atoms with Crippen LogP contribution in [0.4, 0.5) is 5.69 Å². The molecule has 0 spiro atoms. The second-order valence-corrected chi connectivity index (χ2v) is 8.67. The molecule has 5 aromatic rings. The van der Waals surface area contributed by atoms with Gasteiger partial charge in [-0.3, -0.25) is 14.8 Å². The highest BCUT2D eigenvalue weighted by atomic mass is 16.2. The van der Waals surface area contributed by atoms with E-state index in [0.29, 0.717) is 46.8 Å². The van der Waals surface area contributed by atoms with Crippen LogP contribution in [-0.4, -0.2) is 56.9 Å². The van der Waals surface area contributed by atoms with Crippen molar-refractivity contribution in [3.63, 3.8) is 0 Å². The second kappa shape index (κ2) is 9.54. The predicted octanol–water partition coefficient (Wildman–Crippen LogP) is 4.72. The number of rotatable bonds is 4. The molecular formula is C29H24N6O. The van der Waals surface area contributed by atoms with E-state index >= 15 is 0 Å². The summed E-state index contributed by atoms with van der Waals surface area (Å²) in [6, 6.07) is 27.3. The van der Waals surface area contributed by atoms with Gasteiger partial charge < -0.3 is 9.80 Å². The van der Waals surface area contributed by atoms with E-state index in [1.54, 1.807) is 12.4 Å². The summed E-state index contributed by atoms with van der Waals surface area (Å²) in [7, 11) is 0. The summed E-state index contributed by atoms with van der Waals surface area (Å²) < 4.78 is 0. The third-order valence-electron chi connectivity index (χ3n) is 6.41. The first-order chi connectivity index (χ1) is 17.8. The average Bonchev–Trinajstić information content (AvgIpc) is 2.97. The van der Waals surface area contributed by atoms with Crippen molar-refractivity contribution in [3.8, 4) is 22.8 Å². The number of piperazine rings is 1. The summed E-state index contributed by atoms with van der Waals surface area (Å²) in [5.41, 5.74) is 5.91. The largest absolute Gasteiger partial charge is 0.368 e. The maximum absolute atomic E-state index is 13.4. The summed E-state index contributed by atoms with van der Waals surface area (Å²) in [5, 5.41) is 0.